The number of thioether (sulfide) groups is 1. The fourth-order valence-electron chi connectivity index (χ4n) is 2.82. The van der Waals surface area contributed by atoms with Gasteiger partial charge in [0.1, 0.15) is 22.0 Å². The quantitative estimate of drug-likeness (QED) is 0.422. The van der Waals surface area contributed by atoms with Crippen LogP contribution in [0, 0.1) is 0 Å². The molecular weight excluding hydrogens is 456 g/mol. The van der Waals surface area contributed by atoms with E-state index in [1.807, 2.05) is 39.0 Å². The van der Waals surface area contributed by atoms with Gasteiger partial charge in [-0.25, -0.2) is 14.8 Å². The summed E-state index contributed by atoms with van der Waals surface area (Å²) >= 11 is 4.95. The Morgan fingerprint density at radius 3 is 2.41 bits per heavy atom. The normalized spacial score (nSPS) is 11.8. The van der Waals surface area contributed by atoms with Gasteiger partial charge >= 0.3 is 5.69 Å². The molecule has 0 aliphatic heterocycles. The maximum absolute atomic E-state index is 12.9. The molecule has 0 atom stereocenters. The predicted octanol–water partition coefficient (Wildman–Crippen LogP) is 3.39. The van der Waals surface area contributed by atoms with E-state index in [1.54, 1.807) is 14.2 Å². The molecule has 0 saturated heterocycles. The molecule has 0 saturated carbocycles. The SMILES string of the molecule is COc1ccc(CSc2nc(C(C)(C)C)nc3c2c(=O)n(C)c(=O)n3C)cc1Br. The third-order valence-electron chi connectivity index (χ3n) is 4.53. The topological polar surface area (TPSA) is 79.0 Å². The maximum Gasteiger partial charge on any atom is 0.332 e. The van der Waals surface area contributed by atoms with Crippen LogP contribution in [0.25, 0.3) is 11.0 Å². The van der Waals surface area contributed by atoms with Crippen LogP contribution < -0.4 is 16.0 Å². The van der Waals surface area contributed by atoms with E-state index in [-0.39, 0.29) is 11.0 Å². The highest BCUT2D eigenvalue weighted by atomic mass is 79.9. The van der Waals surface area contributed by atoms with Gasteiger partial charge in [-0.15, -0.1) is 11.8 Å². The lowest BCUT2D eigenvalue weighted by molar-refractivity contribution is 0.412. The van der Waals surface area contributed by atoms with Gasteiger partial charge in [0.2, 0.25) is 0 Å². The Hall–Kier alpha value is -2.13. The molecule has 0 unspecified atom stereocenters. The number of aryl methyl sites for hydroxylation is 1. The number of aromatic nitrogens is 4. The zero-order chi connectivity index (χ0) is 21.5. The number of nitrogens with zero attached hydrogens (tertiary/aromatic N) is 4. The summed E-state index contributed by atoms with van der Waals surface area (Å²) in [6.07, 6.45) is 0. The van der Waals surface area contributed by atoms with Gasteiger partial charge in [0.25, 0.3) is 5.56 Å². The first-order chi connectivity index (χ1) is 13.5. The van der Waals surface area contributed by atoms with E-state index >= 15 is 0 Å². The Morgan fingerprint density at radius 2 is 1.83 bits per heavy atom. The molecule has 2 aromatic heterocycles. The van der Waals surface area contributed by atoms with Gasteiger partial charge in [0.05, 0.1) is 11.6 Å². The summed E-state index contributed by atoms with van der Waals surface area (Å²) in [6.45, 7) is 6.01. The van der Waals surface area contributed by atoms with Crippen molar-refractivity contribution in [2.75, 3.05) is 7.11 Å². The van der Waals surface area contributed by atoms with Crippen molar-refractivity contribution in [3.05, 3.63) is 54.9 Å². The van der Waals surface area contributed by atoms with Crippen molar-refractivity contribution in [3.8, 4) is 5.75 Å². The molecule has 3 rings (SSSR count). The van der Waals surface area contributed by atoms with Crippen LogP contribution in [0.3, 0.4) is 0 Å². The Balaban J connectivity index is 2.16. The summed E-state index contributed by atoms with van der Waals surface area (Å²) in [5.74, 6) is 1.95. The Morgan fingerprint density at radius 1 is 1.14 bits per heavy atom. The van der Waals surface area contributed by atoms with Crippen LogP contribution in [-0.2, 0) is 25.3 Å². The zero-order valence-corrected chi connectivity index (χ0v) is 19.6. The minimum atomic E-state index is -0.406. The summed E-state index contributed by atoms with van der Waals surface area (Å²) in [7, 11) is 4.71. The summed E-state index contributed by atoms with van der Waals surface area (Å²) in [6, 6.07) is 5.84. The van der Waals surface area contributed by atoms with E-state index in [0.717, 1.165) is 20.4 Å². The first-order valence-corrected chi connectivity index (χ1v) is 10.8. The highest BCUT2D eigenvalue weighted by Crippen LogP contribution is 2.31. The first kappa shape index (κ1) is 21.6. The minimum Gasteiger partial charge on any atom is -0.496 e. The number of rotatable bonds is 4. The van der Waals surface area contributed by atoms with Crippen molar-refractivity contribution in [1.82, 2.24) is 19.1 Å². The molecule has 1 aromatic carbocycles. The lowest BCUT2D eigenvalue weighted by Crippen LogP contribution is -2.38. The summed E-state index contributed by atoms with van der Waals surface area (Å²) in [5.41, 5.74) is 0.284. The molecular formula is C20H23BrN4O3S. The van der Waals surface area contributed by atoms with Crippen LogP contribution in [0.4, 0.5) is 0 Å². The highest BCUT2D eigenvalue weighted by molar-refractivity contribution is 9.10. The second-order valence-electron chi connectivity index (χ2n) is 7.76. The fourth-order valence-corrected chi connectivity index (χ4v) is 4.37. The number of hydrogen-bond donors (Lipinski definition) is 0. The molecule has 0 fully saturated rings. The summed E-state index contributed by atoms with van der Waals surface area (Å²) < 4.78 is 8.63. The zero-order valence-electron chi connectivity index (χ0n) is 17.2. The molecule has 7 nitrogen and oxygen atoms in total. The van der Waals surface area contributed by atoms with E-state index in [0.29, 0.717) is 27.6 Å². The first-order valence-electron chi connectivity index (χ1n) is 8.98. The van der Waals surface area contributed by atoms with Crippen LogP contribution in [0.5, 0.6) is 5.75 Å². The van der Waals surface area contributed by atoms with Crippen molar-refractivity contribution in [1.29, 1.82) is 0 Å². The van der Waals surface area contributed by atoms with Crippen LogP contribution >= 0.6 is 27.7 Å². The van der Waals surface area contributed by atoms with Gasteiger partial charge in [-0.05, 0) is 33.6 Å². The number of halogens is 1. The number of fused-ring (bicyclic) bond motifs is 1. The minimum absolute atomic E-state index is 0.330. The maximum atomic E-state index is 12.9. The molecule has 0 radical (unpaired) electrons. The average molecular weight is 479 g/mol. The number of hydrogen-bond acceptors (Lipinski definition) is 6. The van der Waals surface area contributed by atoms with E-state index in [1.165, 1.54) is 23.4 Å². The van der Waals surface area contributed by atoms with E-state index < -0.39 is 5.69 Å². The van der Waals surface area contributed by atoms with Crippen LogP contribution in [0.1, 0.15) is 32.2 Å². The van der Waals surface area contributed by atoms with E-state index in [2.05, 4.69) is 20.9 Å². The molecule has 3 aromatic rings. The lowest BCUT2D eigenvalue weighted by Gasteiger charge is -2.19. The summed E-state index contributed by atoms with van der Waals surface area (Å²) in [5, 5.41) is 0.934. The second-order valence-corrected chi connectivity index (χ2v) is 9.58. The molecule has 0 N–H and O–H groups in total. The fraction of sp³-hybridized carbons (Fsp3) is 0.400. The van der Waals surface area contributed by atoms with Gasteiger partial charge in [-0.3, -0.25) is 13.9 Å². The molecule has 154 valence electrons. The van der Waals surface area contributed by atoms with Gasteiger partial charge in [-0.1, -0.05) is 26.8 Å². The second kappa shape index (κ2) is 7.95. The van der Waals surface area contributed by atoms with Crippen molar-refractivity contribution in [2.24, 2.45) is 14.1 Å². The third-order valence-corrected chi connectivity index (χ3v) is 6.20. The Bertz CT molecular complexity index is 1210. The molecule has 0 aliphatic carbocycles. The van der Waals surface area contributed by atoms with Crippen LogP contribution in [-0.4, -0.2) is 26.2 Å². The van der Waals surface area contributed by atoms with Crippen molar-refractivity contribution >= 4 is 38.7 Å². The van der Waals surface area contributed by atoms with Gasteiger partial charge < -0.3 is 4.74 Å². The summed E-state index contributed by atoms with van der Waals surface area (Å²) in [4.78, 5) is 34.5. The van der Waals surface area contributed by atoms with Crippen molar-refractivity contribution in [3.63, 3.8) is 0 Å². The molecule has 0 bridgehead atoms. The molecule has 0 aliphatic rings. The van der Waals surface area contributed by atoms with Crippen LogP contribution in [0.15, 0.2) is 37.3 Å². The monoisotopic (exact) mass is 478 g/mol. The Labute approximate surface area is 181 Å². The third kappa shape index (κ3) is 4.11. The molecule has 0 spiro atoms. The standard InChI is InChI=1S/C20H23BrN4O3S/c1-20(2,3)18-22-15-14(17(26)25(5)19(27)24(15)4)16(23-18)29-10-11-7-8-13(28-6)12(21)9-11/h7-9H,10H2,1-6H3. The van der Waals surface area contributed by atoms with E-state index in [4.69, 9.17) is 9.72 Å². The highest BCUT2D eigenvalue weighted by Gasteiger charge is 2.23. The molecule has 2 heterocycles. The Kier molecular flexibility index (Phi) is 5.91. The lowest BCUT2D eigenvalue weighted by atomic mass is 9.96. The van der Waals surface area contributed by atoms with Gasteiger partial charge in [-0.2, -0.15) is 0 Å². The molecule has 29 heavy (non-hydrogen) atoms. The largest absolute Gasteiger partial charge is 0.496 e. The number of benzene rings is 1. The molecule has 9 heteroatoms. The van der Waals surface area contributed by atoms with Crippen molar-refractivity contribution < 1.29 is 4.74 Å². The van der Waals surface area contributed by atoms with Crippen molar-refractivity contribution in [2.45, 2.75) is 37.0 Å². The molecule has 0 amide bonds. The van der Waals surface area contributed by atoms with Gasteiger partial charge in [0, 0.05) is 25.3 Å². The van der Waals surface area contributed by atoms with Crippen LogP contribution in [0.2, 0.25) is 0 Å². The van der Waals surface area contributed by atoms with E-state index in [9.17, 15) is 9.59 Å². The predicted molar refractivity (Wildman–Crippen MR) is 119 cm³/mol. The smallest absolute Gasteiger partial charge is 0.332 e. The average Bonchev–Trinajstić information content (AvgIpc) is 2.67. The number of ether oxygens (including phenoxy) is 1. The van der Waals surface area contributed by atoms with Gasteiger partial charge in [0.15, 0.2) is 5.65 Å². The number of methoxy groups -OCH3 is 1.